The number of hydrogen-bond donors (Lipinski definition) is 3. The molecule has 1 atom stereocenters. The van der Waals surface area contributed by atoms with E-state index in [4.69, 9.17) is 10.3 Å². The highest BCUT2D eigenvalue weighted by molar-refractivity contribution is 5.85. The average molecular weight is 211 g/mol. The van der Waals surface area contributed by atoms with E-state index < -0.39 is 5.54 Å². The predicted molar refractivity (Wildman–Crippen MR) is 56.6 cm³/mol. The fourth-order valence-electron chi connectivity index (χ4n) is 1.22. The number of hydrazine groups is 1. The van der Waals surface area contributed by atoms with Crippen molar-refractivity contribution in [3.8, 4) is 0 Å². The molecule has 0 aromatic carbocycles. The van der Waals surface area contributed by atoms with Gasteiger partial charge in [-0.25, -0.2) is 5.84 Å². The van der Waals surface area contributed by atoms with E-state index in [-0.39, 0.29) is 5.91 Å². The molecule has 0 saturated heterocycles. The maximum Gasteiger partial charge on any atom is 0.253 e. The Kier molecular flexibility index (Phi) is 3.88. The Morgan fingerprint density at radius 3 is 2.87 bits per heavy atom. The quantitative estimate of drug-likeness (QED) is 0.377. The maximum absolute atomic E-state index is 11.5. The van der Waals surface area contributed by atoms with Gasteiger partial charge in [0.05, 0.1) is 18.3 Å². The van der Waals surface area contributed by atoms with Crippen LogP contribution in [0.2, 0.25) is 0 Å². The molecule has 0 radical (unpaired) electrons. The molecule has 0 aliphatic rings. The summed E-state index contributed by atoms with van der Waals surface area (Å²) in [5.41, 5.74) is 1.49. The van der Waals surface area contributed by atoms with Gasteiger partial charge in [-0.05, 0) is 25.5 Å². The van der Waals surface area contributed by atoms with Gasteiger partial charge in [-0.15, -0.1) is 0 Å². The molecule has 1 heterocycles. The van der Waals surface area contributed by atoms with E-state index in [1.165, 1.54) is 0 Å². The first-order valence-corrected chi connectivity index (χ1v) is 4.91. The Morgan fingerprint density at radius 2 is 2.40 bits per heavy atom. The first-order chi connectivity index (χ1) is 7.12. The molecule has 0 saturated carbocycles. The fraction of sp³-hybridized carbons (Fsp3) is 0.500. The molecule has 0 aliphatic carbocycles. The molecule has 0 fully saturated rings. The molecular formula is C10H17N3O2. The van der Waals surface area contributed by atoms with Gasteiger partial charge in [-0.1, -0.05) is 6.92 Å². The lowest BCUT2D eigenvalue weighted by Gasteiger charge is -2.26. The summed E-state index contributed by atoms with van der Waals surface area (Å²) in [6, 6.07) is 3.66. The van der Waals surface area contributed by atoms with Gasteiger partial charge in [0, 0.05) is 0 Å². The first kappa shape index (κ1) is 11.7. The molecule has 15 heavy (non-hydrogen) atoms. The summed E-state index contributed by atoms with van der Waals surface area (Å²) in [6.07, 6.45) is 2.25. The van der Waals surface area contributed by atoms with E-state index in [0.717, 1.165) is 5.76 Å². The zero-order chi connectivity index (χ0) is 11.3. The topological polar surface area (TPSA) is 80.3 Å². The lowest BCUT2D eigenvalue weighted by molar-refractivity contribution is -0.127. The summed E-state index contributed by atoms with van der Waals surface area (Å²) in [4.78, 5) is 11.5. The van der Waals surface area contributed by atoms with Crippen molar-refractivity contribution in [2.45, 2.75) is 32.4 Å². The van der Waals surface area contributed by atoms with Crippen molar-refractivity contribution in [3.63, 3.8) is 0 Å². The zero-order valence-corrected chi connectivity index (χ0v) is 9.04. The number of rotatable bonds is 5. The Bertz CT molecular complexity index is 310. The standard InChI is InChI=1S/C10H17N3O2/c1-3-10(2,9(14)13-11)12-7-8-5-4-6-15-8/h4-6,12H,3,7,11H2,1-2H3,(H,13,14)/t10-/m1/s1. The fourth-order valence-corrected chi connectivity index (χ4v) is 1.22. The molecule has 0 bridgehead atoms. The van der Waals surface area contributed by atoms with E-state index in [0.29, 0.717) is 13.0 Å². The highest BCUT2D eigenvalue weighted by atomic mass is 16.3. The average Bonchev–Trinajstić information content (AvgIpc) is 2.77. The summed E-state index contributed by atoms with van der Waals surface area (Å²) in [5.74, 6) is 5.69. The summed E-state index contributed by atoms with van der Waals surface area (Å²) < 4.78 is 5.16. The number of nitrogens with two attached hydrogens (primary N) is 1. The highest BCUT2D eigenvalue weighted by Crippen LogP contribution is 2.10. The summed E-state index contributed by atoms with van der Waals surface area (Å²) in [5, 5.41) is 3.11. The van der Waals surface area contributed by atoms with Crippen molar-refractivity contribution < 1.29 is 9.21 Å². The molecule has 1 rings (SSSR count). The Labute approximate surface area is 89.0 Å². The number of nitrogens with one attached hydrogen (secondary N) is 2. The van der Waals surface area contributed by atoms with Crippen LogP contribution in [0.25, 0.3) is 0 Å². The van der Waals surface area contributed by atoms with E-state index in [1.54, 1.807) is 13.2 Å². The Balaban J connectivity index is 2.57. The van der Waals surface area contributed by atoms with Crippen LogP contribution < -0.4 is 16.6 Å². The molecule has 84 valence electrons. The van der Waals surface area contributed by atoms with Crippen molar-refractivity contribution in [3.05, 3.63) is 24.2 Å². The summed E-state index contributed by atoms with van der Waals surface area (Å²) in [6.45, 7) is 4.23. The molecule has 0 unspecified atom stereocenters. The normalized spacial score (nSPS) is 14.6. The van der Waals surface area contributed by atoms with Gasteiger partial charge in [-0.2, -0.15) is 0 Å². The SMILES string of the molecule is CC[C@@](C)(NCc1ccco1)C(=O)NN. The van der Waals surface area contributed by atoms with Crippen molar-refractivity contribution >= 4 is 5.91 Å². The van der Waals surface area contributed by atoms with Crippen molar-refractivity contribution in [2.24, 2.45) is 5.84 Å². The van der Waals surface area contributed by atoms with E-state index in [1.807, 2.05) is 19.1 Å². The van der Waals surface area contributed by atoms with E-state index in [2.05, 4.69) is 10.7 Å². The maximum atomic E-state index is 11.5. The van der Waals surface area contributed by atoms with Crippen LogP contribution in [0.4, 0.5) is 0 Å². The third-order valence-electron chi connectivity index (χ3n) is 2.57. The number of amides is 1. The third kappa shape index (κ3) is 2.81. The number of furan rings is 1. The summed E-state index contributed by atoms with van der Waals surface area (Å²) >= 11 is 0. The number of carbonyl (C=O) groups excluding carboxylic acids is 1. The largest absolute Gasteiger partial charge is 0.468 e. The van der Waals surface area contributed by atoms with Crippen LogP contribution in [-0.2, 0) is 11.3 Å². The van der Waals surface area contributed by atoms with Crippen LogP contribution in [0, 0.1) is 0 Å². The lowest BCUT2D eigenvalue weighted by atomic mass is 9.98. The minimum absolute atomic E-state index is 0.225. The second-order valence-corrected chi connectivity index (χ2v) is 3.59. The van der Waals surface area contributed by atoms with Gasteiger partial charge in [-0.3, -0.25) is 15.5 Å². The van der Waals surface area contributed by atoms with Crippen molar-refractivity contribution in [2.75, 3.05) is 0 Å². The predicted octanol–water partition coefficient (Wildman–Crippen LogP) is 0.528. The molecule has 1 aromatic rings. The van der Waals surface area contributed by atoms with Crippen LogP contribution in [0.15, 0.2) is 22.8 Å². The van der Waals surface area contributed by atoms with Gasteiger partial charge < -0.3 is 4.42 Å². The molecular weight excluding hydrogens is 194 g/mol. The van der Waals surface area contributed by atoms with Gasteiger partial charge in [0.2, 0.25) is 0 Å². The molecule has 4 N–H and O–H groups in total. The van der Waals surface area contributed by atoms with Crippen molar-refractivity contribution in [1.29, 1.82) is 0 Å². The van der Waals surface area contributed by atoms with E-state index >= 15 is 0 Å². The van der Waals surface area contributed by atoms with Crippen LogP contribution in [0.5, 0.6) is 0 Å². The minimum atomic E-state index is -0.665. The second-order valence-electron chi connectivity index (χ2n) is 3.59. The van der Waals surface area contributed by atoms with Gasteiger partial charge in [0.15, 0.2) is 0 Å². The highest BCUT2D eigenvalue weighted by Gasteiger charge is 2.30. The zero-order valence-electron chi connectivity index (χ0n) is 9.04. The minimum Gasteiger partial charge on any atom is -0.468 e. The van der Waals surface area contributed by atoms with Gasteiger partial charge in [0.1, 0.15) is 5.76 Å². The lowest BCUT2D eigenvalue weighted by Crippen LogP contribution is -2.55. The van der Waals surface area contributed by atoms with Gasteiger partial charge in [0.25, 0.3) is 5.91 Å². The molecule has 1 aromatic heterocycles. The van der Waals surface area contributed by atoms with Gasteiger partial charge >= 0.3 is 0 Å². The van der Waals surface area contributed by atoms with Crippen LogP contribution in [0.1, 0.15) is 26.0 Å². The van der Waals surface area contributed by atoms with Crippen molar-refractivity contribution in [1.82, 2.24) is 10.7 Å². The molecule has 0 aliphatic heterocycles. The third-order valence-corrected chi connectivity index (χ3v) is 2.57. The molecule has 5 heteroatoms. The first-order valence-electron chi connectivity index (χ1n) is 4.91. The number of hydrogen-bond acceptors (Lipinski definition) is 4. The summed E-state index contributed by atoms with van der Waals surface area (Å²) in [7, 11) is 0. The van der Waals surface area contributed by atoms with Crippen LogP contribution in [-0.4, -0.2) is 11.4 Å². The smallest absolute Gasteiger partial charge is 0.253 e. The molecule has 1 amide bonds. The van der Waals surface area contributed by atoms with Crippen LogP contribution >= 0.6 is 0 Å². The Hall–Kier alpha value is -1.33. The number of carbonyl (C=O) groups is 1. The molecule has 5 nitrogen and oxygen atoms in total. The molecule has 0 spiro atoms. The van der Waals surface area contributed by atoms with Crippen LogP contribution in [0.3, 0.4) is 0 Å². The Morgan fingerprint density at radius 1 is 1.67 bits per heavy atom. The van der Waals surface area contributed by atoms with E-state index in [9.17, 15) is 4.79 Å². The monoisotopic (exact) mass is 211 g/mol. The second kappa shape index (κ2) is 4.95.